The number of carbonyl (C=O) groups is 1. The SMILES string of the molecule is O=C(Cl)C1C2CC=CCC21. The zero-order valence-corrected chi connectivity index (χ0v) is 6.34. The number of hydrogen-bond acceptors (Lipinski definition) is 1. The molecule has 2 heteroatoms. The first-order valence-corrected chi connectivity index (χ1v) is 4.03. The van der Waals surface area contributed by atoms with Gasteiger partial charge in [-0.1, -0.05) is 12.2 Å². The van der Waals surface area contributed by atoms with Crippen LogP contribution in [0.5, 0.6) is 0 Å². The molecule has 0 spiro atoms. The van der Waals surface area contributed by atoms with Crippen molar-refractivity contribution in [1.82, 2.24) is 0 Å². The molecule has 0 aromatic heterocycles. The smallest absolute Gasteiger partial charge is 0.225 e. The zero-order chi connectivity index (χ0) is 7.14. The van der Waals surface area contributed by atoms with Gasteiger partial charge in [-0.2, -0.15) is 0 Å². The Hall–Kier alpha value is -0.300. The molecule has 0 saturated heterocycles. The lowest BCUT2D eigenvalue weighted by Crippen LogP contribution is -1.91. The van der Waals surface area contributed by atoms with Gasteiger partial charge in [0.1, 0.15) is 0 Å². The first-order chi connectivity index (χ1) is 4.80. The monoisotopic (exact) mass is 156 g/mol. The second-order valence-electron chi connectivity index (χ2n) is 3.10. The van der Waals surface area contributed by atoms with E-state index in [0.717, 1.165) is 12.8 Å². The predicted octanol–water partition coefficient (Wildman–Crippen LogP) is 1.96. The first kappa shape index (κ1) is 6.41. The third-order valence-electron chi connectivity index (χ3n) is 2.58. The maximum atomic E-state index is 10.7. The molecule has 1 nitrogen and oxygen atoms in total. The van der Waals surface area contributed by atoms with Gasteiger partial charge in [0.2, 0.25) is 5.24 Å². The van der Waals surface area contributed by atoms with Gasteiger partial charge in [-0.3, -0.25) is 4.79 Å². The molecule has 2 rings (SSSR count). The van der Waals surface area contributed by atoms with Gasteiger partial charge in [0.15, 0.2) is 0 Å². The van der Waals surface area contributed by atoms with Crippen LogP contribution in [0.1, 0.15) is 12.8 Å². The lowest BCUT2D eigenvalue weighted by atomic mass is 10.1. The quantitative estimate of drug-likeness (QED) is 0.419. The molecule has 10 heavy (non-hydrogen) atoms. The van der Waals surface area contributed by atoms with E-state index in [9.17, 15) is 4.79 Å². The molecule has 2 unspecified atom stereocenters. The van der Waals surface area contributed by atoms with E-state index in [2.05, 4.69) is 12.2 Å². The summed E-state index contributed by atoms with van der Waals surface area (Å²) in [6.07, 6.45) is 6.43. The summed E-state index contributed by atoms with van der Waals surface area (Å²) in [5.41, 5.74) is 0. The molecule has 54 valence electrons. The highest BCUT2D eigenvalue weighted by atomic mass is 35.5. The van der Waals surface area contributed by atoms with Crippen molar-refractivity contribution in [2.45, 2.75) is 12.8 Å². The van der Waals surface area contributed by atoms with Crippen LogP contribution in [0.4, 0.5) is 0 Å². The van der Waals surface area contributed by atoms with Crippen molar-refractivity contribution in [3.8, 4) is 0 Å². The van der Waals surface area contributed by atoms with Gasteiger partial charge < -0.3 is 0 Å². The van der Waals surface area contributed by atoms with E-state index in [-0.39, 0.29) is 11.2 Å². The molecule has 0 N–H and O–H groups in total. The van der Waals surface area contributed by atoms with E-state index in [1.807, 2.05) is 0 Å². The summed E-state index contributed by atoms with van der Waals surface area (Å²) in [5, 5.41) is -0.126. The summed E-state index contributed by atoms with van der Waals surface area (Å²) in [6, 6.07) is 0. The highest BCUT2D eigenvalue weighted by molar-refractivity contribution is 6.64. The maximum absolute atomic E-state index is 10.7. The van der Waals surface area contributed by atoms with Crippen molar-refractivity contribution in [2.24, 2.45) is 17.8 Å². The molecule has 0 aliphatic heterocycles. The summed E-state index contributed by atoms with van der Waals surface area (Å²) < 4.78 is 0. The number of hydrogen-bond donors (Lipinski definition) is 0. The number of fused-ring (bicyclic) bond motifs is 1. The Balaban J connectivity index is 2.04. The van der Waals surface area contributed by atoms with Crippen LogP contribution in [0.15, 0.2) is 12.2 Å². The van der Waals surface area contributed by atoms with Crippen molar-refractivity contribution < 1.29 is 4.79 Å². The molecule has 0 aromatic rings. The topological polar surface area (TPSA) is 17.1 Å². The molecular formula is C8H9ClO. The fourth-order valence-electron chi connectivity index (χ4n) is 1.93. The minimum absolute atomic E-state index is 0.126. The normalized spacial score (nSPS) is 42.7. The lowest BCUT2D eigenvalue weighted by Gasteiger charge is -1.96. The fraction of sp³-hybridized carbons (Fsp3) is 0.625. The molecule has 0 amide bonds. The predicted molar refractivity (Wildman–Crippen MR) is 39.7 cm³/mol. The number of allylic oxidation sites excluding steroid dienone is 2. The highest BCUT2D eigenvalue weighted by Gasteiger charge is 2.53. The Kier molecular flexibility index (Phi) is 1.34. The highest BCUT2D eigenvalue weighted by Crippen LogP contribution is 2.54. The van der Waals surface area contributed by atoms with Gasteiger partial charge in [-0.25, -0.2) is 0 Å². The van der Waals surface area contributed by atoms with Crippen molar-refractivity contribution in [3.63, 3.8) is 0 Å². The van der Waals surface area contributed by atoms with Gasteiger partial charge in [0.25, 0.3) is 0 Å². The molecule has 0 heterocycles. The van der Waals surface area contributed by atoms with E-state index >= 15 is 0 Å². The zero-order valence-electron chi connectivity index (χ0n) is 5.59. The summed E-state index contributed by atoms with van der Waals surface area (Å²) in [6.45, 7) is 0. The van der Waals surface area contributed by atoms with Gasteiger partial charge in [-0.15, -0.1) is 0 Å². The van der Waals surface area contributed by atoms with Crippen LogP contribution in [0, 0.1) is 17.8 Å². The second-order valence-corrected chi connectivity index (χ2v) is 3.47. The Bertz CT molecular complexity index is 183. The van der Waals surface area contributed by atoms with E-state index < -0.39 is 0 Å². The van der Waals surface area contributed by atoms with Crippen LogP contribution in [-0.4, -0.2) is 5.24 Å². The molecule has 2 aliphatic rings. The second kappa shape index (κ2) is 2.09. The molecule has 0 radical (unpaired) electrons. The summed E-state index contributed by atoms with van der Waals surface area (Å²) in [7, 11) is 0. The molecule has 2 aliphatic carbocycles. The van der Waals surface area contributed by atoms with Crippen LogP contribution in [-0.2, 0) is 4.79 Å². The molecule has 0 aromatic carbocycles. The maximum Gasteiger partial charge on any atom is 0.225 e. The fourth-order valence-corrected chi connectivity index (χ4v) is 2.25. The van der Waals surface area contributed by atoms with E-state index in [4.69, 9.17) is 11.6 Å². The van der Waals surface area contributed by atoms with Crippen molar-refractivity contribution in [2.75, 3.05) is 0 Å². The largest absolute Gasteiger partial charge is 0.281 e. The minimum Gasteiger partial charge on any atom is -0.281 e. The van der Waals surface area contributed by atoms with E-state index in [1.165, 1.54) is 0 Å². The van der Waals surface area contributed by atoms with Crippen molar-refractivity contribution >= 4 is 16.8 Å². The summed E-state index contributed by atoms with van der Waals surface area (Å²) in [5.74, 6) is 1.38. The Morgan fingerprint density at radius 3 is 2.20 bits per heavy atom. The Labute approximate surface area is 65.1 Å². The third kappa shape index (κ3) is 0.807. The third-order valence-corrected chi connectivity index (χ3v) is 2.83. The van der Waals surface area contributed by atoms with Gasteiger partial charge in [-0.05, 0) is 36.3 Å². The summed E-state index contributed by atoms with van der Waals surface area (Å²) >= 11 is 5.38. The van der Waals surface area contributed by atoms with Crippen LogP contribution in [0.2, 0.25) is 0 Å². The van der Waals surface area contributed by atoms with E-state index in [1.54, 1.807) is 0 Å². The number of carbonyl (C=O) groups excluding carboxylic acids is 1. The van der Waals surface area contributed by atoms with Crippen molar-refractivity contribution in [1.29, 1.82) is 0 Å². The van der Waals surface area contributed by atoms with Gasteiger partial charge >= 0.3 is 0 Å². The Morgan fingerprint density at radius 2 is 1.80 bits per heavy atom. The lowest BCUT2D eigenvalue weighted by molar-refractivity contribution is -0.113. The standard InChI is InChI=1S/C8H9ClO/c9-8(10)7-5-3-1-2-4-6(5)7/h1-2,5-7H,3-4H2. The molecule has 0 bridgehead atoms. The average Bonchev–Trinajstić information content (AvgIpc) is 2.60. The Morgan fingerprint density at radius 1 is 1.30 bits per heavy atom. The number of rotatable bonds is 1. The summed E-state index contributed by atoms with van der Waals surface area (Å²) in [4.78, 5) is 10.7. The first-order valence-electron chi connectivity index (χ1n) is 3.65. The number of halogens is 1. The average molecular weight is 157 g/mol. The molecular weight excluding hydrogens is 148 g/mol. The van der Waals surface area contributed by atoms with Gasteiger partial charge in [0, 0.05) is 5.92 Å². The minimum atomic E-state index is -0.126. The van der Waals surface area contributed by atoms with Crippen LogP contribution in [0.25, 0.3) is 0 Å². The molecule has 1 saturated carbocycles. The van der Waals surface area contributed by atoms with Crippen LogP contribution < -0.4 is 0 Å². The van der Waals surface area contributed by atoms with E-state index in [0.29, 0.717) is 11.8 Å². The molecule has 2 atom stereocenters. The molecule has 1 fully saturated rings. The van der Waals surface area contributed by atoms with Crippen LogP contribution in [0.3, 0.4) is 0 Å². The van der Waals surface area contributed by atoms with Crippen LogP contribution >= 0.6 is 11.6 Å². The van der Waals surface area contributed by atoms with Crippen molar-refractivity contribution in [3.05, 3.63) is 12.2 Å². The van der Waals surface area contributed by atoms with Gasteiger partial charge in [0.05, 0.1) is 0 Å².